The van der Waals surface area contributed by atoms with Gasteiger partial charge in [0.15, 0.2) is 5.17 Å². The Morgan fingerprint density at radius 1 is 1.00 bits per heavy atom. The highest BCUT2D eigenvalue weighted by Crippen LogP contribution is 2.34. The lowest BCUT2D eigenvalue weighted by Crippen LogP contribution is -2.30. The first-order chi connectivity index (χ1) is 14.2. The molecule has 0 N–H and O–H groups in total. The number of carbonyl (C=O) groups is 1. The van der Waals surface area contributed by atoms with Crippen molar-refractivity contribution in [1.29, 1.82) is 0 Å². The third-order valence-electron chi connectivity index (χ3n) is 4.71. The third-order valence-corrected chi connectivity index (χ3v) is 5.72. The maximum Gasteiger partial charge on any atom is 0.266 e. The van der Waals surface area contributed by atoms with Gasteiger partial charge in [-0.25, -0.2) is 4.99 Å². The molecular formula is C24H23N3OS. The number of para-hydroxylation sites is 1. The first-order valence-corrected chi connectivity index (χ1v) is 10.5. The Hall–Kier alpha value is -3.05. The molecule has 4 nitrogen and oxygen atoms in total. The number of thioether (sulfide) groups is 1. The largest absolute Gasteiger partial charge is 0.357 e. The summed E-state index contributed by atoms with van der Waals surface area (Å²) in [5.74, 6) is 0.0293. The van der Waals surface area contributed by atoms with E-state index in [0.29, 0.717) is 11.4 Å². The fraction of sp³-hybridized carbons (Fsp3) is 0.167. The Morgan fingerprint density at radius 3 is 2.41 bits per heavy atom. The van der Waals surface area contributed by atoms with Crippen molar-refractivity contribution in [1.82, 2.24) is 9.47 Å². The molecule has 1 saturated heterocycles. The molecule has 2 aromatic carbocycles. The van der Waals surface area contributed by atoms with Crippen molar-refractivity contribution in [2.45, 2.75) is 12.8 Å². The predicted molar refractivity (Wildman–Crippen MR) is 121 cm³/mol. The fourth-order valence-corrected chi connectivity index (χ4v) is 4.27. The number of aryl methyl sites for hydroxylation is 2. The highest BCUT2D eigenvalue weighted by Gasteiger charge is 2.33. The first kappa shape index (κ1) is 19.3. The summed E-state index contributed by atoms with van der Waals surface area (Å²) in [6.45, 7) is 0.651. The maximum atomic E-state index is 13.1. The molecule has 1 amide bonds. The maximum absolute atomic E-state index is 13.1. The monoisotopic (exact) mass is 401 g/mol. The molecule has 1 fully saturated rings. The summed E-state index contributed by atoms with van der Waals surface area (Å²) in [6.07, 6.45) is 7.76. The van der Waals surface area contributed by atoms with Crippen LogP contribution in [0.3, 0.4) is 0 Å². The van der Waals surface area contributed by atoms with Crippen molar-refractivity contribution < 1.29 is 4.79 Å². The van der Waals surface area contributed by atoms with Gasteiger partial charge in [0, 0.05) is 26.0 Å². The van der Waals surface area contributed by atoms with Crippen LogP contribution in [0, 0.1) is 0 Å². The van der Waals surface area contributed by atoms with Gasteiger partial charge in [0.05, 0.1) is 10.6 Å². The summed E-state index contributed by atoms with van der Waals surface area (Å²) < 4.78 is 1.98. The van der Waals surface area contributed by atoms with Gasteiger partial charge >= 0.3 is 0 Å². The van der Waals surface area contributed by atoms with Crippen LogP contribution in [-0.4, -0.2) is 27.1 Å². The lowest BCUT2D eigenvalue weighted by Gasteiger charge is -2.15. The van der Waals surface area contributed by atoms with E-state index in [2.05, 4.69) is 24.3 Å². The number of amidine groups is 1. The molecule has 5 heteroatoms. The second-order valence-electron chi connectivity index (χ2n) is 7.00. The molecule has 3 aromatic rings. The number of rotatable bonds is 6. The molecule has 1 aliphatic heterocycles. The smallest absolute Gasteiger partial charge is 0.266 e. The molecule has 0 spiro atoms. The Labute approximate surface area is 175 Å². The lowest BCUT2D eigenvalue weighted by molar-refractivity contribution is -0.122. The molecular weight excluding hydrogens is 378 g/mol. The van der Waals surface area contributed by atoms with Gasteiger partial charge in [-0.15, -0.1) is 0 Å². The minimum atomic E-state index is 0.0293. The minimum Gasteiger partial charge on any atom is -0.357 e. The number of amides is 1. The van der Waals surface area contributed by atoms with Gasteiger partial charge in [0.25, 0.3) is 5.91 Å². The Morgan fingerprint density at radius 2 is 1.72 bits per heavy atom. The van der Waals surface area contributed by atoms with E-state index < -0.39 is 0 Å². The molecule has 0 bridgehead atoms. The summed E-state index contributed by atoms with van der Waals surface area (Å²) in [6, 6.07) is 22.2. The van der Waals surface area contributed by atoms with Crippen molar-refractivity contribution >= 4 is 34.6 Å². The Balaban J connectivity index is 1.55. The molecule has 146 valence electrons. The highest BCUT2D eigenvalue weighted by molar-refractivity contribution is 8.18. The molecule has 4 rings (SSSR count). The number of aliphatic imine (C=N–C) groups is 1. The number of carbonyl (C=O) groups excluding carboxylic acids is 1. The molecule has 0 aliphatic carbocycles. The zero-order chi connectivity index (χ0) is 20.1. The predicted octanol–water partition coefficient (Wildman–Crippen LogP) is 5.26. The van der Waals surface area contributed by atoms with Gasteiger partial charge in [0.2, 0.25) is 0 Å². The SMILES string of the molecule is Cn1ccc(/C=C2/SC(=Nc3ccccc3)N(CCCc3ccccc3)C2=O)c1. The van der Waals surface area contributed by atoms with Crippen LogP contribution in [-0.2, 0) is 18.3 Å². The number of hydrogen-bond acceptors (Lipinski definition) is 3. The molecule has 2 heterocycles. The van der Waals surface area contributed by atoms with E-state index >= 15 is 0 Å². The van der Waals surface area contributed by atoms with Crippen LogP contribution in [0.2, 0.25) is 0 Å². The molecule has 0 saturated carbocycles. The number of hydrogen-bond donors (Lipinski definition) is 0. The summed E-state index contributed by atoms with van der Waals surface area (Å²) in [5, 5.41) is 0.747. The quantitative estimate of drug-likeness (QED) is 0.528. The van der Waals surface area contributed by atoms with Gasteiger partial charge in [-0.3, -0.25) is 9.69 Å². The second kappa shape index (κ2) is 8.97. The fourth-order valence-electron chi connectivity index (χ4n) is 3.25. The molecule has 1 aliphatic rings. The van der Waals surface area contributed by atoms with Crippen molar-refractivity contribution in [3.63, 3.8) is 0 Å². The van der Waals surface area contributed by atoms with Crippen molar-refractivity contribution in [3.05, 3.63) is 95.2 Å². The van der Waals surface area contributed by atoms with E-state index in [1.165, 1.54) is 17.3 Å². The van der Waals surface area contributed by atoms with E-state index in [4.69, 9.17) is 4.99 Å². The molecule has 29 heavy (non-hydrogen) atoms. The van der Waals surface area contributed by atoms with Crippen LogP contribution >= 0.6 is 11.8 Å². The third kappa shape index (κ3) is 4.87. The molecule has 0 radical (unpaired) electrons. The Bertz CT molecular complexity index is 1040. The topological polar surface area (TPSA) is 37.6 Å². The van der Waals surface area contributed by atoms with Crippen LogP contribution in [0.4, 0.5) is 5.69 Å². The highest BCUT2D eigenvalue weighted by atomic mass is 32.2. The van der Waals surface area contributed by atoms with Crippen molar-refractivity contribution in [2.75, 3.05) is 6.54 Å². The normalized spacial score (nSPS) is 16.9. The van der Waals surface area contributed by atoms with Crippen LogP contribution in [0.1, 0.15) is 17.5 Å². The van der Waals surface area contributed by atoms with Gasteiger partial charge in [0.1, 0.15) is 0 Å². The van der Waals surface area contributed by atoms with Crippen LogP contribution in [0.15, 0.2) is 89.0 Å². The summed E-state index contributed by atoms with van der Waals surface area (Å²) >= 11 is 1.45. The van der Waals surface area contributed by atoms with Crippen LogP contribution in [0.25, 0.3) is 6.08 Å². The summed E-state index contributed by atoms with van der Waals surface area (Å²) in [5.41, 5.74) is 3.17. The van der Waals surface area contributed by atoms with Crippen LogP contribution in [0.5, 0.6) is 0 Å². The summed E-state index contributed by atoms with van der Waals surface area (Å²) in [4.78, 5) is 20.4. The average molecular weight is 402 g/mol. The molecule has 1 aromatic heterocycles. The standard InChI is InChI=1S/C24H23N3OS/c1-26-16-14-20(18-26)17-22-23(28)27(15-8-11-19-9-4-2-5-10-19)24(29-22)25-21-12-6-3-7-13-21/h2-7,9-10,12-14,16-18H,8,11,15H2,1H3/b22-17+,25-24?. The zero-order valence-corrected chi connectivity index (χ0v) is 17.2. The number of nitrogens with zero attached hydrogens (tertiary/aromatic N) is 3. The Kier molecular flexibility index (Phi) is 5.96. The number of benzene rings is 2. The number of aromatic nitrogens is 1. The van der Waals surface area contributed by atoms with Crippen molar-refractivity contribution in [2.24, 2.45) is 12.0 Å². The lowest BCUT2D eigenvalue weighted by atomic mass is 10.1. The molecule has 0 atom stereocenters. The minimum absolute atomic E-state index is 0.0293. The van der Waals surface area contributed by atoms with E-state index in [1.54, 1.807) is 0 Å². The zero-order valence-electron chi connectivity index (χ0n) is 16.4. The van der Waals surface area contributed by atoms with E-state index in [-0.39, 0.29) is 5.91 Å². The van der Waals surface area contributed by atoms with Gasteiger partial charge in [-0.2, -0.15) is 0 Å². The average Bonchev–Trinajstić information content (AvgIpc) is 3.27. The van der Waals surface area contributed by atoms with Crippen LogP contribution < -0.4 is 0 Å². The summed E-state index contributed by atoms with van der Waals surface area (Å²) in [7, 11) is 1.98. The van der Waals surface area contributed by atoms with E-state index in [0.717, 1.165) is 29.3 Å². The van der Waals surface area contributed by atoms with E-state index in [9.17, 15) is 4.79 Å². The van der Waals surface area contributed by atoms with Gasteiger partial charge in [-0.05, 0) is 60.0 Å². The second-order valence-corrected chi connectivity index (χ2v) is 8.01. The van der Waals surface area contributed by atoms with Crippen molar-refractivity contribution in [3.8, 4) is 0 Å². The first-order valence-electron chi connectivity index (χ1n) is 9.70. The molecule has 0 unspecified atom stereocenters. The van der Waals surface area contributed by atoms with Gasteiger partial charge in [-0.1, -0.05) is 48.5 Å². The van der Waals surface area contributed by atoms with Gasteiger partial charge < -0.3 is 4.57 Å². The van der Waals surface area contributed by atoms with E-state index in [1.807, 2.05) is 77.4 Å².